The second-order valence-electron chi connectivity index (χ2n) is 4.64. The van der Waals surface area contributed by atoms with Gasteiger partial charge in [-0.1, -0.05) is 48.0 Å². The Balaban J connectivity index is -0.0000000792. The van der Waals surface area contributed by atoms with Crippen molar-refractivity contribution in [2.75, 3.05) is 33.9 Å². The average Bonchev–Trinajstić information content (AvgIpc) is 2.66. The van der Waals surface area contributed by atoms with Gasteiger partial charge in [0.15, 0.2) is 0 Å². The van der Waals surface area contributed by atoms with Crippen molar-refractivity contribution in [1.82, 2.24) is 10.6 Å². The number of rotatable bonds is 7. The van der Waals surface area contributed by atoms with Crippen LogP contribution in [0, 0.1) is 5.92 Å². The normalized spacial score (nSPS) is 10.6. The van der Waals surface area contributed by atoms with Crippen molar-refractivity contribution in [3.63, 3.8) is 0 Å². The minimum atomic E-state index is 0.208. The second kappa shape index (κ2) is 43.8. The van der Waals surface area contributed by atoms with Crippen LogP contribution in [0.2, 0.25) is 0 Å². The van der Waals surface area contributed by atoms with Crippen LogP contribution in [0.4, 0.5) is 0 Å². The first-order chi connectivity index (χ1) is 12.7. The van der Waals surface area contributed by atoms with Gasteiger partial charge >= 0.3 is 0 Å². The number of methoxy groups -OCH3 is 1. The smallest absolute Gasteiger partial charge is 0.223 e. The van der Waals surface area contributed by atoms with Crippen LogP contribution in [0.1, 0.15) is 73.6 Å². The van der Waals surface area contributed by atoms with Crippen molar-refractivity contribution in [2.24, 2.45) is 5.92 Å². The molecule has 2 N–H and O–H groups in total. The van der Waals surface area contributed by atoms with Gasteiger partial charge in [-0.3, -0.25) is 4.79 Å². The van der Waals surface area contributed by atoms with Gasteiger partial charge in [-0.25, -0.2) is 0 Å². The zero-order chi connectivity index (χ0) is 21.6. The highest BCUT2D eigenvalue weighted by atomic mass is 16.5. The number of carbonyl (C=O) groups excluding carboxylic acids is 2. The fourth-order valence-electron chi connectivity index (χ4n) is 1.38. The molecule has 1 rings (SSSR count). The van der Waals surface area contributed by atoms with Crippen molar-refractivity contribution in [2.45, 2.75) is 73.6 Å². The summed E-state index contributed by atoms with van der Waals surface area (Å²) in [5.74, 6) is 0.625. The molecular weight excluding hydrogens is 328 g/mol. The highest BCUT2D eigenvalue weighted by molar-refractivity contribution is 5.79. The van der Waals surface area contributed by atoms with Crippen molar-refractivity contribution in [3.05, 3.63) is 13.2 Å². The summed E-state index contributed by atoms with van der Waals surface area (Å²) in [7, 11) is 3.44. The molecule has 0 aliphatic heterocycles. The van der Waals surface area contributed by atoms with Crippen LogP contribution in [0.5, 0.6) is 0 Å². The van der Waals surface area contributed by atoms with Gasteiger partial charge in [0.1, 0.15) is 12.9 Å². The van der Waals surface area contributed by atoms with Gasteiger partial charge in [0.05, 0.1) is 0 Å². The van der Waals surface area contributed by atoms with E-state index in [0.717, 1.165) is 32.4 Å². The lowest BCUT2D eigenvalue weighted by Gasteiger charge is -2.23. The summed E-state index contributed by atoms with van der Waals surface area (Å²) in [6, 6.07) is 0. The Kier molecular flexibility index (Phi) is 60.4. The van der Waals surface area contributed by atoms with E-state index in [9.17, 15) is 9.59 Å². The summed E-state index contributed by atoms with van der Waals surface area (Å²) in [5, 5.41) is 5.91. The maximum absolute atomic E-state index is 11.1. The molecule has 0 saturated heterocycles. The summed E-state index contributed by atoms with van der Waals surface area (Å²) in [6.45, 7) is 20.4. The van der Waals surface area contributed by atoms with Crippen molar-refractivity contribution < 1.29 is 14.3 Å². The fraction of sp³-hybridized carbons (Fsp3) is 0.810. The standard InChI is InChI=1S/C8H15NO.C4H11N.C3H6O2.2C2H6.C2H4/c1-2-6-9-8(10)7-4-3-5-7;1-3-4-5-2;1-5-3-2-4;3*1-2/h7H,2-6H2,1H3,(H,9,10);5H,3-4H2,1-2H3;2H,3H2,1H3;2*1-2H3;1-2H2. The molecular formula is C21H48N2O3. The van der Waals surface area contributed by atoms with E-state index in [-0.39, 0.29) is 12.5 Å². The molecule has 1 aliphatic carbocycles. The number of hydrogen-bond donors (Lipinski definition) is 2. The Morgan fingerprint density at radius 3 is 1.69 bits per heavy atom. The lowest BCUT2D eigenvalue weighted by molar-refractivity contribution is -0.127. The molecule has 26 heavy (non-hydrogen) atoms. The maximum Gasteiger partial charge on any atom is 0.223 e. The monoisotopic (exact) mass is 376 g/mol. The van der Waals surface area contributed by atoms with Gasteiger partial charge in [-0.15, -0.1) is 13.2 Å². The molecule has 0 unspecified atom stereocenters. The van der Waals surface area contributed by atoms with E-state index in [1.165, 1.54) is 20.0 Å². The predicted octanol–water partition coefficient (Wildman–Crippen LogP) is 4.61. The van der Waals surface area contributed by atoms with Gasteiger partial charge < -0.3 is 20.2 Å². The molecule has 1 amide bonds. The van der Waals surface area contributed by atoms with Crippen LogP contribution in [0.25, 0.3) is 0 Å². The van der Waals surface area contributed by atoms with Crippen LogP contribution < -0.4 is 10.6 Å². The Bertz CT molecular complexity index is 231. The van der Waals surface area contributed by atoms with Crippen LogP contribution >= 0.6 is 0 Å². The zero-order valence-electron chi connectivity index (χ0n) is 19.0. The summed E-state index contributed by atoms with van der Waals surface area (Å²) >= 11 is 0. The highest BCUT2D eigenvalue weighted by Gasteiger charge is 2.24. The number of aldehydes is 1. The summed E-state index contributed by atoms with van der Waals surface area (Å²) in [5.41, 5.74) is 0. The SMILES string of the molecule is C=C.CC.CC.CCCNC.CCCNC(=O)C1CCC1.COCC=O. The van der Waals surface area contributed by atoms with Gasteiger partial charge in [-0.05, 0) is 39.3 Å². The summed E-state index contributed by atoms with van der Waals surface area (Å²) in [4.78, 5) is 20.4. The molecule has 0 radical (unpaired) electrons. The number of ether oxygens (including phenoxy) is 1. The number of hydrogen-bond acceptors (Lipinski definition) is 4. The molecule has 5 nitrogen and oxygen atoms in total. The van der Waals surface area contributed by atoms with Gasteiger partial charge in [0.25, 0.3) is 0 Å². The molecule has 0 aromatic carbocycles. The molecule has 0 spiro atoms. The van der Waals surface area contributed by atoms with Gasteiger partial charge in [-0.2, -0.15) is 0 Å². The lowest BCUT2D eigenvalue weighted by Crippen LogP contribution is -2.34. The number of amides is 1. The molecule has 0 heterocycles. The molecule has 0 bridgehead atoms. The Morgan fingerprint density at radius 1 is 1.08 bits per heavy atom. The topological polar surface area (TPSA) is 67.4 Å². The van der Waals surface area contributed by atoms with E-state index in [0.29, 0.717) is 12.2 Å². The van der Waals surface area contributed by atoms with Gasteiger partial charge in [0, 0.05) is 19.6 Å². The summed E-state index contributed by atoms with van der Waals surface area (Å²) in [6.07, 6.45) is 6.43. The fourth-order valence-corrected chi connectivity index (χ4v) is 1.38. The number of carbonyl (C=O) groups is 2. The quantitative estimate of drug-likeness (QED) is 0.503. The lowest BCUT2D eigenvalue weighted by atomic mass is 9.85. The molecule has 1 aliphatic rings. The molecule has 0 aromatic heterocycles. The highest BCUT2D eigenvalue weighted by Crippen LogP contribution is 2.25. The Labute approximate surface area is 164 Å². The number of nitrogens with one attached hydrogen (secondary N) is 2. The minimum Gasteiger partial charge on any atom is -0.377 e. The first kappa shape index (κ1) is 35.8. The first-order valence-electron chi connectivity index (χ1n) is 10.0. The van der Waals surface area contributed by atoms with E-state index in [1.807, 2.05) is 34.7 Å². The van der Waals surface area contributed by atoms with E-state index in [1.54, 1.807) is 0 Å². The average molecular weight is 377 g/mol. The third-order valence-electron chi connectivity index (χ3n) is 2.76. The Hall–Kier alpha value is -1.20. The van der Waals surface area contributed by atoms with Crippen LogP contribution in [-0.4, -0.2) is 46.0 Å². The van der Waals surface area contributed by atoms with Crippen molar-refractivity contribution in [3.8, 4) is 0 Å². The summed E-state index contributed by atoms with van der Waals surface area (Å²) < 4.78 is 4.32. The third-order valence-corrected chi connectivity index (χ3v) is 2.76. The molecule has 1 saturated carbocycles. The van der Waals surface area contributed by atoms with Crippen LogP contribution in [-0.2, 0) is 14.3 Å². The zero-order valence-corrected chi connectivity index (χ0v) is 19.0. The first-order valence-corrected chi connectivity index (χ1v) is 10.0. The largest absolute Gasteiger partial charge is 0.377 e. The van der Waals surface area contributed by atoms with Crippen LogP contribution in [0.15, 0.2) is 13.2 Å². The van der Waals surface area contributed by atoms with Crippen molar-refractivity contribution in [1.29, 1.82) is 0 Å². The van der Waals surface area contributed by atoms with Crippen molar-refractivity contribution >= 4 is 12.2 Å². The van der Waals surface area contributed by atoms with Crippen LogP contribution in [0.3, 0.4) is 0 Å². The second-order valence-corrected chi connectivity index (χ2v) is 4.64. The van der Waals surface area contributed by atoms with E-state index in [2.05, 4.69) is 42.4 Å². The molecule has 0 atom stereocenters. The predicted molar refractivity (Wildman–Crippen MR) is 117 cm³/mol. The molecule has 1 fully saturated rings. The third kappa shape index (κ3) is 38.4. The van der Waals surface area contributed by atoms with Gasteiger partial charge in [0.2, 0.25) is 5.91 Å². The maximum atomic E-state index is 11.1. The van der Waals surface area contributed by atoms with E-state index >= 15 is 0 Å². The minimum absolute atomic E-state index is 0.208. The van der Waals surface area contributed by atoms with E-state index < -0.39 is 0 Å². The molecule has 5 heteroatoms. The molecule has 0 aromatic rings. The Morgan fingerprint density at radius 2 is 1.54 bits per heavy atom. The molecule has 160 valence electrons. The van der Waals surface area contributed by atoms with E-state index in [4.69, 9.17) is 0 Å².